The SMILES string of the molecule is O=c1[nH]c(-c2cccnc2)nc2c1CN(Cc1ccc(-c3ccccc3Cl)o1)CC2. The van der Waals surface area contributed by atoms with Crippen molar-refractivity contribution in [1.82, 2.24) is 19.9 Å². The summed E-state index contributed by atoms with van der Waals surface area (Å²) < 4.78 is 6.01. The van der Waals surface area contributed by atoms with E-state index >= 15 is 0 Å². The number of aromatic nitrogens is 3. The average molecular weight is 419 g/mol. The van der Waals surface area contributed by atoms with Gasteiger partial charge in [0.1, 0.15) is 17.3 Å². The van der Waals surface area contributed by atoms with E-state index in [0.717, 1.165) is 34.9 Å². The normalized spacial score (nSPS) is 13.9. The molecule has 0 saturated heterocycles. The summed E-state index contributed by atoms with van der Waals surface area (Å²) in [5.74, 6) is 2.15. The summed E-state index contributed by atoms with van der Waals surface area (Å²) in [5.41, 5.74) is 3.15. The maximum Gasteiger partial charge on any atom is 0.255 e. The fourth-order valence-corrected chi connectivity index (χ4v) is 3.97. The molecule has 0 amide bonds. The standard InChI is InChI=1S/C23H19ClN4O2/c24-19-6-2-1-5-17(19)21-8-7-16(30-21)13-28-11-9-20-18(14-28)23(29)27-22(26-20)15-4-3-10-25-12-15/h1-8,10,12H,9,11,13-14H2,(H,26,27,29). The van der Waals surface area contributed by atoms with E-state index in [9.17, 15) is 4.79 Å². The van der Waals surface area contributed by atoms with E-state index in [4.69, 9.17) is 16.0 Å². The Morgan fingerprint density at radius 1 is 1.13 bits per heavy atom. The topological polar surface area (TPSA) is 75.0 Å². The Morgan fingerprint density at radius 2 is 2.03 bits per heavy atom. The summed E-state index contributed by atoms with van der Waals surface area (Å²) in [6.45, 7) is 1.96. The molecule has 0 aliphatic carbocycles. The van der Waals surface area contributed by atoms with Gasteiger partial charge in [-0.15, -0.1) is 0 Å². The molecule has 6 nitrogen and oxygen atoms in total. The van der Waals surface area contributed by atoms with Crippen LogP contribution in [0.4, 0.5) is 0 Å². The van der Waals surface area contributed by atoms with Crippen molar-refractivity contribution < 1.29 is 4.42 Å². The zero-order valence-electron chi connectivity index (χ0n) is 16.1. The number of H-pyrrole nitrogens is 1. The molecular formula is C23H19ClN4O2. The number of fused-ring (bicyclic) bond motifs is 1. The Hall–Kier alpha value is -3.22. The first-order valence-corrected chi connectivity index (χ1v) is 10.1. The first-order valence-electron chi connectivity index (χ1n) is 9.76. The smallest absolute Gasteiger partial charge is 0.255 e. The monoisotopic (exact) mass is 418 g/mol. The van der Waals surface area contributed by atoms with E-state index in [1.165, 1.54) is 0 Å². The Labute approximate surface area is 178 Å². The van der Waals surface area contributed by atoms with Crippen LogP contribution in [0.2, 0.25) is 5.02 Å². The highest BCUT2D eigenvalue weighted by Crippen LogP contribution is 2.30. The highest BCUT2D eigenvalue weighted by molar-refractivity contribution is 6.33. The van der Waals surface area contributed by atoms with Gasteiger partial charge < -0.3 is 9.40 Å². The molecule has 0 saturated carbocycles. The third kappa shape index (κ3) is 3.67. The minimum absolute atomic E-state index is 0.0974. The largest absolute Gasteiger partial charge is 0.460 e. The van der Waals surface area contributed by atoms with Crippen LogP contribution in [0.25, 0.3) is 22.7 Å². The number of nitrogens with one attached hydrogen (secondary N) is 1. The fraction of sp³-hybridized carbons (Fsp3) is 0.174. The molecule has 3 aromatic heterocycles. The molecular weight excluding hydrogens is 400 g/mol. The summed E-state index contributed by atoms with van der Waals surface area (Å²) in [6, 6.07) is 15.2. The van der Waals surface area contributed by atoms with Crippen molar-refractivity contribution in [2.45, 2.75) is 19.5 Å². The van der Waals surface area contributed by atoms with Crippen LogP contribution in [-0.2, 0) is 19.5 Å². The lowest BCUT2D eigenvalue weighted by Gasteiger charge is -2.26. The average Bonchev–Trinajstić information content (AvgIpc) is 3.23. The van der Waals surface area contributed by atoms with Gasteiger partial charge in [0.15, 0.2) is 0 Å². The van der Waals surface area contributed by atoms with Crippen molar-refractivity contribution in [3.8, 4) is 22.7 Å². The quantitative estimate of drug-likeness (QED) is 0.534. The maximum absolute atomic E-state index is 12.7. The van der Waals surface area contributed by atoms with Crippen LogP contribution in [0, 0.1) is 0 Å². The number of benzene rings is 1. The number of halogens is 1. The number of hydrogen-bond acceptors (Lipinski definition) is 5. The Balaban J connectivity index is 1.34. The molecule has 1 N–H and O–H groups in total. The molecule has 0 unspecified atom stereocenters. The minimum atomic E-state index is -0.0974. The van der Waals surface area contributed by atoms with Crippen molar-refractivity contribution in [2.75, 3.05) is 6.54 Å². The van der Waals surface area contributed by atoms with Gasteiger partial charge in [-0.05, 0) is 36.4 Å². The van der Waals surface area contributed by atoms with Crippen LogP contribution in [0.1, 0.15) is 17.0 Å². The minimum Gasteiger partial charge on any atom is -0.460 e. The first kappa shape index (κ1) is 18.8. The van der Waals surface area contributed by atoms with Crippen molar-refractivity contribution in [3.63, 3.8) is 0 Å². The lowest BCUT2D eigenvalue weighted by Crippen LogP contribution is -2.35. The second kappa shape index (κ2) is 7.89. The predicted octanol–water partition coefficient (Wildman–Crippen LogP) is 4.30. The van der Waals surface area contributed by atoms with Gasteiger partial charge in [0, 0.05) is 43.0 Å². The molecule has 5 rings (SSSR count). The van der Waals surface area contributed by atoms with Gasteiger partial charge in [-0.25, -0.2) is 4.98 Å². The predicted molar refractivity (Wildman–Crippen MR) is 115 cm³/mol. The highest BCUT2D eigenvalue weighted by Gasteiger charge is 2.22. The molecule has 0 spiro atoms. The summed E-state index contributed by atoms with van der Waals surface area (Å²) in [7, 11) is 0. The first-order chi connectivity index (χ1) is 14.7. The van der Waals surface area contributed by atoms with Gasteiger partial charge >= 0.3 is 0 Å². The van der Waals surface area contributed by atoms with E-state index in [0.29, 0.717) is 35.9 Å². The van der Waals surface area contributed by atoms with E-state index in [-0.39, 0.29) is 5.56 Å². The van der Waals surface area contributed by atoms with Gasteiger partial charge in [0.25, 0.3) is 5.56 Å². The summed E-state index contributed by atoms with van der Waals surface area (Å²) >= 11 is 6.27. The van der Waals surface area contributed by atoms with Crippen LogP contribution in [-0.4, -0.2) is 26.4 Å². The molecule has 4 aromatic rings. The molecule has 1 aromatic carbocycles. The second-order valence-electron chi connectivity index (χ2n) is 7.29. The molecule has 0 fully saturated rings. The third-order valence-electron chi connectivity index (χ3n) is 5.26. The van der Waals surface area contributed by atoms with Crippen LogP contribution < -0.4 is 5.56 Å². The zero-order chi connectivity index (χ0) is 20.5. The maximum atomic E-state index is 12.7. The molecule has 4 heterocycles. The van der Waals surface area contributed by atoms with Gasteiger partial charge in [-0.2, -0.15) is 0 Å². The molecule has 150 valence electrons. The van der Waals surface area contributed by atoms with E-state index in [1.54, 1.807) is 12.4 Å². The Bertz CT molecular complexity index is 1250. The van der Waals surface area contributed by atoms with Crippen molar-refractivity contribution in [3.05, 3.63) is 93.3 Å². The fourth-order valence-electron chi connectivity index (χ4n) is 3.74. The van der Waals surface area contributed by atoms with Crippen LogP contribution in [0.5, 0.6) is 0 Å². The molecule has 30 heavy (non-hydrogen) atoms. The van der Waals surface area contributed by atoms with Crippen molar-refractivity contribution in [1.29, 1.82) is 0 Å². The number of nitrogens with zero attached hydrogens (tertiary/aromatic N) is 3. The van der Waals surface area contributed by atoms with Gasteiger partial charge in [0.05, 0.1) is 22.8 Å². The van der Waals surface area contributed by atoms with Crippen LogP contribution in [0.3, 0.4) is 0 Å². The molecule has 0 atom stereocenters. The lowest BCUT2D eigenvalue weighted by molar-refractivity contribution is 0.223. The molecule has 1 aliphatic rings. The number of hydrogen-bond donors (Lipinski definition) is 1. The van der Waals surface area contributed by atoms with Gasteiger partial charge in [-0.1, -0.05) is 23.7 Å². The van der Waals surface area contributed by atoms with Crippen LogP contribution >= 0.6 is 11.6 Å². The number of rotatable bonds is 4. The van der Waals surface area contributed by atoms with E-state index in [1.807, 2.05) is 48.5 Å². The Morgan fingerprint density at radius 3 is 2.87 bits per heavy atom. The Kier molecular flexibility index (Phi) is 4.94. The second-order valence-corrected chi connectivity index (χ2v) is 7.70. The lowest BCUT2D eigenvalue weighted by atomic mass is 10.1. The molecule has 0 bridgehead atoms. The molecule has 0 radical (unpaired) electrons. The highest BCUT2D eigenvalue weighted by atomic mass is 35.5. The molecule has 1 aliphatic heterocycles. The van der Waals surface area contributed by atoms with Gasteiger partial charge in [-0.3, -0.25) is 14.7 Å². The summed E-state index contributed by atoms with van der Waals surface area (Å²) in [5, 5.41) is 0.660. The third-order valence-corrected chi connectivity index (χ3v) is 5.59. The zero-order valence-corrected chi connectivity index (χ0v) is 16.9. The van der Waals surface area contributed by atoms with Crippen LogP contribution in [0.15, 0.2) is 70.1 Å². The summed E-state index contributed by atoms with van der Waals surface area (Å²) in [6.07, 6.45) is 4.11. The number of furan rings is 1. The van der Waals surface area contributed by atoms with Gasteiger partial charge in [0.2, 0.25) is 0 Å². The number of pyridine rings is 1. The summed E-state index contributed by atoms with van der Waals surface area (Å²) in [4.78, 5) is 26.6. The van der Waals surface area contributed by atoms with E-state index < -0.39 is 0 Å². The van der Waals surface area contributed by atoms with E-state index in [2.05, 4.69) is 19.9 Å². The van der Waals surface area contributed by atoms with Crippen molar-refractivity contribution in [2.24, 2.45) is 0 Å². The van der Waals surface area contributed by atoms with Crippen molar-refractivity contribution >= 4 is 11.6 Å². The number of aromatic amines is 1. The molecule has 7 heteroatoms.